The van der Waals surface area contributed by atoms with Gasteiger partial charge in [-0.15, -0.1) is 0 Å². The van der Waals surface area contributed by atoms with Gasteiger partial charge in [-0.25, -0.2) is 0 Å². The van der Waals surface area contributed by atoms with E-state index >= 15 is 0 Å². The zero-order chi connectivity index (χ0) is 16.9. The Balaban J connectivity index is 1.63. The van der Waals surface area contributed by atoms with Gasteiger partial charge in [0.15, 0.2) is 0 Å². The van der Waals surface area contributed by atoms with E-state index in [-0.39, 0.29) is 5.91 Å². The number of aryl methyl sites for hydroxylation is 1. The number of unbranched alkanes of at least 4 members (excludes halogenated alkanes) is 1. The van der Waals surface area contributed by atoms with Gasteiger partial charge in [0.05, 0.1) is 18.9 Å². The molecule has 24 heavy (non-hydrogen) atoms. The van der Waals surface area contributed by atoms with Crippen LogP contribution in [-0.4, -0.2) is 40.3 Å². The molecule has 134 valence electrons. The average Bonchev–Trinajstić information content (AvgIpc) is 3.35. The van der Waals surface area contributed by atoms with Crippen LogP contribution in [0.4, 0.5) is 0 Å². The highest BCUT2D eigenvalue weighted by molar-refractivity contribution is 5.76. The fourth-order valence-corrected chi connectivity index (χ4v) is 3.47. The molecular formula is C19H31N3O2. The van der Waals surface area contributed by atoms with Crippen LogP contribution in [0.2, 0.25) is 0 Å². The lowest BCUT2D eigenvalue weighted by atomic mass is 10.1. The quantitative estimate of drug-likeness (QED) is 0.698. The Morgan fingerprint density at radius 1 is 1.38 bits per heavy atom. The molecule has 0 atom stereocenters. The largest absolute Gasteiger partial charge is 0.376 e. The molecule has 1 aliphatic heterocycles. The average molecular weight is 333 g/mol. The number of fused-ring (bicyclic) bond motifs is 1. The number of aromatic nitrogens is 2. The van der Waals surface area contributed by atoms with Crippen molar-refractivity contribution in [3.05, 3.63) is 17.0 Å². The molecule has 1 saturated carbocycles. The van der Waals surface area contributed by atoms with Crippen LogP contribution in [0.1, 0.15) is 62.9 Å². The third kappa shape index (κ3) is 4.18. The van der Waals surface area contributed by atoms with E-state index in [1.807, 2.05) is 4.90 Å². The van der Waals surface area contributed by atoms with Crippen molar-refractivity contribution in [3.63, 3.8) is 0 Å². The highest BCUT2D eigenvalue weighted by Gasteiger charge is 2.27. The Hall–Kier alpha value is -1.36. The zero-order valence-corrected chi connectivity index (χ0v) is 15.2. The summed E-state index contributed by atoms with van der Waals surface area (Å²) >= 11 is 0. The number of amides is 1. The summed E-state index contributed by atoms with van der Waals surface area (Å²) in [7, 11) is 0. The van der Waals surface area contributed by atoms with E-state index in [0.29, 0.717) is 13.0 Å². The van der Waals surface area contributed by atoms with Gasteiger partial charge in [-0.3, -0.25) is 9.48 Å². The molecule has 1 aliphatic carbocycles. The highest BCUT2D eigenvalue weighted by Crippen LogP contribution is 2.32. The molecule has 5 heteroatoms. The molecule has 1 amide bonds. The zero-order valence-electron chi connectivity index (χ0n) is 15.2. The first-order valence-corrected chi connectivity index (χ1v) is 9.65. The van der Waals surface area contributed by atoms with Gasteiger partial charge < -0.3 is 9.64 Å². The van der Waals surface area contributed by atoms with E-state index in [1.54, 1.807) is 0 Å². The van der Waals surface area contributed by atoms with Crippen molar-refractivity contribution < 1.29 is 9.53 Å². The van der Waals surface area contributed by atoms with Gasteiger partial charge in [0.25, 0.3) is 0 Å². The second-order valence-corrected chi connectivity index (χ2v) is 7.13. The molecule has 0 N–H and O–H groups in total. The smallest absolute Gasteiger partial charge is 0.222 e. The summed E-state index contributed by atoms with van der Waals surface area (Å²) in [6, 6.07) is 0. The highest BCUT2D eigenvalue weighted by atomic mass is 16.5. The first kappa shape index (κ1) is 17.5. The Morgan fingerprint density at radius 3 is 2.92 bits per heavy atom. The van der Waals surface area contributed by atoms with Gasteiger partial charge >= 0.3 is 0 Å². The second kappa shape index (κ2) is 8.15. The van der Waals surface area contributed by atoms with Crippen molar-refractivity contribution in [3.8, 4) is 0 Å². The second-order valence-electron chi connectivity index (χ2n) is 7.13. The molecule has 3 rings (SSSR count). The van der Waals surface area contributed by atoms with Crippen molar-refractivity contribution in [1.82, 2.24) is 14.7 Å². The normalized spacial score (nSPS) is 16.9. The number of hydrogen-bond acceptors (Lipinski definition) is 3. The predicted octanol–water partition coefficient (Wildman–Crippen LogP) is 2.95. The molecule has 0 aromatic carbocycles. The fraction of sp³-hybridized carbons (Fsp3) is 0.789. The van der Waals surface area contributed by atoms with E-state index in [1.165, 1.54) is 24.1 Å². The number of rotatable bonds is 9. The first-order chi connectivity index (χ1) is 11.7. The van der Waals surface area contributed by atoms with Crippen LogP contribution in [0.25, 0.3) is 0 Å². The van der Waals surface area contributed by atoms with Crippen LogP contribution in [0.15, 0.2) is 0 Å². The number of nitrogens with zero attached hydrogens (tertiary/aromatic N) is 3. The van der Waals surface area contributed by atoms with Gasteiger partial charge in [0.1, 0.15) is 0 Å². The third-order valence-electron chi connectivity index (χ3n) is 5.20. The molecule has 0 bridgehead atoms. The molecule has 5 nitrogen and oxygen atoms in total. The van der Waals surface area contributed by atoms with Gasteiger partial charge in [0.2, 0.25) is 5.91 Å². The lowest BCUT2D eigenvalue weighted by Crippen LogP contribution is -2.32. The number of hydrogen-bond donors (Lipinski definition) is 0. The van der Waals surface area contributed by atoms with Crippen LogP contribution in [0, 0.1) is 5.92 Å². The van der Waals surface area contributed by atoms with Gasteiger partial charge in [-0.05, 0) is 32.1 Å². The molecule has 1 fully saturated rings. The lowest BCUT2D eigenvalue weighted by molar-refractivity contribution is -0.131. The molecule has 1 aromatic rings. The van der Waals surface area contributed by atoms with Gasteiger partial charge in [0, 0.05) is 50.2 Å². The minimum absolute atomic E-state index is 0.258. The SMILES string of the molecule is CCCCN(CC)C(=O)CCc1nn(CC2CC2)c2c1COCC2. The van der Waals surface area contributed by atoms with Crippen molar-refractivity contribution in [1.29, 1.82) is 0 Å². The maximum atomic E-state index is 12.5. The summed E-state index contributed by atoms with van der Waals surface area (Å²) in [4.78, 5) is 14.5. The van der Waals surface area contributed by atoms with Crippen LogP contribution >= 0.6 is 0 Å². The Labute approximate surface area is 145 Å². The maximum absolute atomic E-state index is 12.5. The van der Waals surface area contributed by atoms with Crippen molar-refractivity contribution in [2.24, 2.45) is 5.92 Å². The molecule has 0 radical (unpaired) electrons. The minimum atomic E-state index is 0.258. The molecule has 2 aliphatic rings. The maximum Gasteiger partial charge on any atom is 0.222 e. The number of ether oxygens (including phenoxy) is 1. The van der Waals surface area contributed by atoms with E-state index < -0.39 is 0 Å². The Bertz CT molecular complexity index is 563. The molecule has 0 saturated heterocycles. The first-order valence-electron chi connectivity index (χ1n) is 9.65. The summed E-state index contributed by atoms with van der Waals surface area (Å²) in [5, 5.41) is 4.86. The molecule has 1 aromatic heterocycles. The summed E-state index contributed by atoms with van der Waals surface area (Å²) < 4.78 is 7.86. The number of carbonyl (C=O) groups excluding carboxylic acids is 1. The van der Waals surface area contributed by atoms with Gasteiger partial charge in [-0.2, -0.15) is 5.10 Å². The fourth-order valence-electron chi connectivity index (χ4n) is 3.47. The van der Waals surface area contributed by atoms with Crippen molar-refractivity contribution in [2.45, 2.75) is 71.9 Å². The van der Waals surface area contributed by atoms with Crippen LogP contribution in [0.3, 0.4) is 0 Å². The van der Waals surface area contributed by atoms with E-state index in [2.05, 4.69) is 18.5 Å². The summed E-state index contributed by atoms with van der Waals surface area (Å²) in [5.41, 5.74) is 3.70. The van der Waals surface area contributed by atoms with E-state index in [4.69, 9.17) is 9.84 Å². The monoisotopic (exact) mass is 333 g/mol. The summed E-state index contributed by atoms with van der Waals surface area (Å²) in [5.74, 6) is 1.07. The Morgan fingerprint density at radius 2 is 2.21 bits per heavy atom. The lowest BCUT2D eigenvalue weighted by Gasteiger charge is -2.20. The van der Waals surface area contributed by atoms with Crippen molar-refractivity contribution >= 4 is 5.91 Å². The molecule has 0 unspecified atom stereocenters. The summed E-state index contributed by atoms with van der Waals surface area (Å²) in [6.07, 6.45) is 7.14. The summed E-state index contributed by atoms with van der Waals surface area (Å²) in [6.45, 7) is 8.41. The van der Waals surface area contributed by atoms with E-state index in [9.17, 15) is 4.79 Å². The van der Waals surface area contributed by atoms with Crippen molar-refractivity contribution in [2.75, 3.05) is 19.7 Å². The minimum Gasteiger partial charge on any atom is -0.376 e. The predicted molar refractivity (Wildman–Crippen MR) is 93.8 cm³/mol. The van der Waals surface area contributed by atoms with E-state index in [0.717, 1.165) is 63.5 Å². The van der Waals surface area contributed by atoms with Crippen LogP contribution < -0.4 is 0 Å². The molecular weight excluding hydrogens is 302 g/mol. The third-order valence-corrected chi connectivity index (χ3v) is 5.20. The topological polar surface area (TPSA) is 47.4 Å². The Kier molecular flexibility index (Phi) is 5.93. The molecule has 2 heterocycles. The number of carbonyl (C=O) groups is 1. The molecule has 0 spiro atoms. The van der Waals surface area contributed by atoms with Gasteiger partial charge in [-0.1, -0.05) is 13.3 Å². The standard InChI is InChI=1S/C19H31N3O2/c1-3-5-11-21(4-2)19(23)9-8-17-16-14-24-12-10-18(16)22(20-17)13-15-6-7-15/h15H,3-14H2,1-2H3. The van der Waals surface area contributed by atoms with Crippen LogP contribution in [0.5, 0.6) is 0 Å². The van der Waals surface area contributed by atoms with Crippen LogP contribution in [-0.2, 0) is 35.5 Å².